The van der Waals surface area contributed by atoms with E-state index >= 15 is 0 Å². The van der Waals surface area contributed by atoms with Crippen LogP contribution in [0.15, 0.2) is 0 Å². The molecule has 1 unspecified atom stereocenters. The third-order valence-corrected chi connectivity index (χ3v) is 3.18. The van der Waals surface area contributed by atoms with Crippen LogP contribution >= 0.6 is 35.7 Å². The summed E-state index contributed by atoms with van der Waals surface area (Å²) < 4.78 is 0.626. The van der Waals surface area contributed by atoms with E-state index in [0.717, 1.165) is 23.9 Å². The standard InChI is InChI=1S/C6H9NOS3/c1-10-3-2-4-5(8)11-6(9)7-4/h4H,2-3H2,1H3,(H,7,9). The summed E-state index contributed by atoms with van der Waals surface area (Å²) in [6, 6.07) is -0.0278. The molecule has 1 atom stereocenters. The molecule has 0 spiro atoms. The van der Waals surface area contributed by atoms with Gasteiger partial charge >= 0.3 is 0 Å². The minimum Gasteiger partial charge on any atom is -0.360 e. The first-order chi connectivity index (χ1) is 5.24. The van der Waals surface area contributed by atoms with Gasteiger partial charge in [0.2, 0.25) is 5.12 Å². The molecule has 1 aliphatic rings. The van der Waals surface area contributed by atoms with E-state index in [1.807, 2.05) is 6.26 Å². The Morgan fingerprint density at radius 1 is 1.82 bits per heavy atom. The Balaban J connectivity index is 2.34. The second kappa shape index (κ2) is 4.33. The topological polar surface area (TPSA) is 29.1 Å². The maximum atomic E-state index is 11.1. The summed E-state index contributed by atoms with van der Waals surface area (Å²) in [5, 5.41) is 3.14. The van der Waals surface area contributed by atoms with Gasteiger partial charge in [-0.1, -0.05) is 12.2 Å². The summed E-state index contributed by atoms with van der Waals surface area (Å²) in [7, 11) is 0. The average molecular weight is 207 g/mol. The van der Waals surface area contributed by atoms with Crippen LogP contribution in [-0.4, -0.2) is 27.5 Å². The monoisotopic (exact) mass is 207 g/mol. The maximum absolute atomic E-state index is 11.1. The van der Waals surface area contributed by atoms with Crippen molar-refractivity contribution >= 4 is 45.2 Å². The molecule has 0 aliphatic carbocycles. The highest BCUT2D eigenvalue weighted by Crippen LogP contribution is 2.18. The van der Waals surface area contributed by atoms with Gasteiger partial charge in [0, 0.05) is 0 Å². The predicted molar refractivity (Wildman–Crippen MR) is 55.1 cm³/mol. The molecule has 0 aromatic rings. The van der Waals surface area contributed by atoms with E-state index in [1.165, 1.54) is 0 Å². The average Bonchev–Trinajstić information content (AvgIpc) is 2.26. The summed E-state index contributed by atoms with van der Waals surface area (Å²) >= 11 is 7.75. The number of carbonyl (C=O) groups is 1. The van der Waals surface area contributed by atoms with E-state index in [0.29, 0.717) is 4.32 Å². The maximum Gasteiger partial charge on any atom is 0.218 e. The van der Waals surface area contributed by atoms with Crippen LogP contribution in [0.25, 0.3) is 0 Å². The first-order valence-electron chi connectivity index (χ1n) is 3.25. The SMILES string of the molecule is CSCCC1NC(=S)SC1=O. The lowest BCUT2D eigenvalue weighted by Crippen LogP contribution is -2.28. The zero-order valence-corrected chi connectivity index (χ0v) is 8.57. The summed E-state index contributed by atoms with van der Waals surface area (Å²) in [5.74, 6) is 1.01. The number of carbonyl (C=O) groups excluding carboxylic acids is 1. The van der Waals surface area contributed by atoms with Gasteiger partial charge < -0.3 is 5.32 Å². The molecule has 0 radical (unpaired) electrons. The molecule has 1 aliphatic heterocycles. The van der Waals surface area contributed by atoms with Crippen molar-refractivity contribution in [2.24, 2.45) is 0 Å². The second-order valence-corrected chi connectivity index (χ2v) is 4.85. The van der Waals surface area contributed by atoms with Crippen LogP contribution in [0.4, 0.5) is 0 Å². The Kier molecular flexibility index (Phi) is 3.68. The highest BCUT2D eigenvalue weighted by molar-refractivity contribution is 8.33. The summed E-state index contributed by atoms with van der Waals surface area (Å²) in [5.41, 5.74) is 0. The van der Waals surface area contributed by atoms with Gasteiger partial charge in [-0.05, 0) is 30.2 Å². The van der Waals surface area contributed by atoms with Gasteiger partial charge in [-0.15, -0.1) is 0 Å². The van der Waals surface area contributed by atoms with Crippen LogP contribution in [0.3, 0.4) is 0 Å². The summed E-state index contributed by atoms with van der Waals surface area (Å²) in [6.45, 7) is 0. The Morgan fingerprint density at radius 2 is 2.55 bits per heavy atom. The molecule has 0 amide bonds. The normalized spacial score (nSPS) is 23.9. The minimum absolute atomic E-state index is 0.0278. The van der Waals surface area contributed by atoms with Crippen LogP contribution in [0.5, 0.6) is 0 Å². The fourth-order valence-corrected chi connectivity index (χ4v) is 2.38. The molecular formula is C6H9NOS3. The van der Waals surface area contributed by atoms with Crippen LogP contribution in [-0.2, 0) is 4.79 Å². The van der Waals surface area contributed by atoms with Crippen molar-refractivity contribution in [3.63, 3.8) is 0 Å². The lowest BCUT2D eigenvalue weighted by Gasteiger charge is -2.05. The molecule has 2 nitrogen and oxygen atoms in total. The lowest BCUT2D eigenvalue weighted by atomic mass is 10.2. The summed E-state index contributed by atoms with van der Waals surface area (Å²) in [4.78, 5) is 11.1. The first kappa shape index (κ1) is 9.35. The zero-order valence-electron chi connectivity index (χ0n) is 6.12. The third-order valence-electron chi connectivity index (χ3n) is 1.38. The molecule has 11 heavy (non-hydrogen) atoms. The fraction of sp³-hybridized carbons (Fsp3) is 0.667. The van der Waals surface area contributed by atoms with Gasteiger partial charge in [-0.3, -0.25) is 4.79 Å². The summed E-state index contributed by atoms with van der Waals surface area (Å²) in [6.07, 6.45) is 2.91. The van der Waals surface area contributed by atoms with E-state index < -0.39 is 0 Å². The van der Waals surface area contributed by atoms with Gasteiger partial charge in [0.15, 0.2) is 0 Å². The first-order valence-corrected chi connectivity index (χ1v) is 5.87. The van der Waals surface area contributed by atoms with Crippen LogP contribution in [0.2, 0.25) is 0 Å². The highest BCUT2D eigenvalue weighted by Gasteiger charge is 2.27. The second-order valence-electron chi connectivity index (χ2n) is 2.19. The molecular weight excluding hydrogens is 198 g/mol. The molecule has 1 fully saturated rings. The Labute approximate surface area is 79.9 Å². The van der Waals surface area contributed by atoms with Crippen molar-refractivity contribution in [3.05, 3.63) is 0 Å². The number of nitrogens with one attached hydrogen (secondary N) is 1. The van der Waals surface area contributed by atoms with Crippen molar-refractivity contribution < 1.29 is 4.79 Å². The molecule has 5 heteroatoms. The van der Waals surface area contributed by atoms with Crippen LogP contribution in [0, 0.1) is 0 Å². The van der Waals surface area contributed by atoms with E-state index in [-0.39, 0.29) is 11.2 Å². The van der Waals surface area contributed by atoms with E-state index in [2.05, 4.69) is 5.32 Å². The van der Waals surface area contributed by atoms with Gasteiger partial charge in [0.05, 0.1) is 6.04 Å². The molecule has 62 valence electrons. The number of hydrogen-bond acceptors (Lipinski definition) is 4. The lowest BCUT2D eigenvalue weighted by molar-refractivity contribution is -0.112. The smallest absolute Gasteiger partial charge is 0.218 e. The van der Waals surface area contributed by atoms with E-state index in [4.69, 9.17) is 12.2 Å². The Bertz CT molecular complexity index is 183. The Morgan fingerprint density at radius 3 is 3.00 bits per heavy atom. The minimum atomic E-state index is -0.0278. The molecule has 1 heterocycles. The van der Waals surface area contributed by atoms with E-state index in [9.17, 15) is 4.79 Å². The zero-order chi connectivity index (χ0) is 8.27. The number of rotatable bonds is 3. The van der Waals surface area contributed by atoms with Gasteiger partial charge in [0.1, 0.15) is 4.32 Å². The van der Waals surface area contributed by atoms with Gasteiger partial charge in [0.25, 0.3) is 0 Å². The molecule has 0 saturated carbocycles. The molecule has 0 aromatic carbocycles. The number of thiocarbonyl (C=S) groups is 1. The molecule has 0 aromatic heterocycles. The van der Waals surface area contributed by atoms with Crippen molar-refractivity contribution in [3.8, 4) is 0 Å². The van der Waals surface area contributed by atoms with Crippen molar-refractivity contribution in [2.45, 2.75) is 12.5 Å². The predicted octanol–water partition coefficient (Wildman–Crippen LogP) is 1.26. The quantitative estimate of drug-likeness (QED) is 0.704. The molecule has 1 N–H and O–H groups in total. The van der Waals surface area contributed by atoms with Crippen LogP contribution < -0.4 is 5.32 Å². The third kappa shape index (κ3) is 2.65. The molecule has 1 saturated heterocycles. The van der Waals surface area contributed by atoms with Crippen molar-refractivity contribution in [2.75, 3.05) is 12.0 Å². The number of thioether (sulfide) groups is 2. The molecule has 0 bridgehead atoms. The molecule has 1 rings (SSSR count). The van der Waals surface area contributed by atoms with Gasteiger partial charge in [-0.2, -0.15) is 11.8 Å². The number of hydrogen-bond donors (Lipinski definition) is 1. The van der Waals surface area contributed by atoms with Crippen molar-refractivity contribution in [1.29, 1.82) is 0 Å². The fourth-order valence-electron chi connectivity index (χ4n) is 0.819. The largest absolute Gasteiger partial charge is 0.360 e. The highest BCUT2D eigenvalue weighted by atomic mass is 32.2. The Hall–Kier alpha value is 0.260. The van der Waals surface area contributed by atoms with Crippen molar-refractivity contribution in [1.82, 2.24) is 5.32 Å². The van der Waals surface area contributed by atoms with Crippen LogP contribution in [0.1, 0.15) is 6.42 Å². The van der Waals surface area contributed by atoms with E-state index in [1.54, 1.807) is 11.8 Å². The van der Waals surface area contributed by atoms with Gasteiger partial charge in [-0.25, -0.2) is 0 Å².